The highest BCUT2D eigenvalue weighted by atomic mass is 16.2. The minimum Gasteiger partial charge on any atom is -0.354 e. The average Bonchev–Trinajstić information content (AvgIpc) is 2.44. The summed E-state index contributed by atoms with van der Waals surface area (Å²) in [6.07, 6.45) is 1.74. The third kappa shape index (κ3) is 2.42. The second kappa shape index (κ2) is 4.66. The molecule has 1 fully saturated rings. The van der Waals surface area contributed by atoms with Crippen LogP contribution < -0.4 is 11.1 Å². The van der Waals surface area contributed by atoms with Crippen LogP contribution in [0.3, 0.4) is 0 Å². The van der Waals surface area contributed by atoms with Gasteiger partial charge in [0, 0.05) is 12.5 Å². The molecular weight excluding hydrogens is 200 g/mol. The molecule has 1 amide bonds. The van der Waals surface area contributed by atoms with Gasteiger partial charge < -0.3 is 11.1 Å². The van der Waals surface area contributed by atoms with Crippen LogP contribution in [0, 0.1) is 6.92 Å². The van der Waals surface area contributed by atoms with Crippen LogP contribution in [0.5, 0.6) is 0 Å². The first-order valence-electron chi connectivity index (χ1n) is 5.76. The predicted molar refractivity (Wildman–Crippen MR) is 64.1 cm³/mol. The summed E-state index contributed by atoms with van der Waals surface area (Å²) in [6, 6.07) is 8.17. The van der Waals surface area contributed by atoms with Crippen molar-refractivity contribution < 1.29 is 4.79 Å². The van der Waals surface area contributed by atoms with Gasteiger partial charge in [0.25, 0.3) is 0 Å². The second-order valence-electron chi connectivity index (χ2n) is 4.54. The Balaban J connectivity index is 2.10. The molecule has 3 heteroatoms. The van der Waals surface area contributed by atoms with Crippen LogP contribution in [0.2, 0.25) is 0 Å². The van der Waals surface area contributed by atoms with Crippen LogP contribution >= 0.6 is 0 Å². The van der Waals surface area contributed by atoms with Gasteiger partial charge in [-0.05, 0) is 25.3 Å². The number of carbonyl (C=O) groups is 1. The number of benzene rings is 1. The van der Waals surface area contributed by atoms with Crippen molar-refractivity contribution in [1.82, 2.24) is 5.32 Å². The van der Waals surface area contributed by atoms with Gasteiger partial charge in [0.15, 0.2) is 0 Å². The zero-order valence-corrected chi connectivity index (χ0v) is 9.57. The van der Waals surface area contributed by atoms with E-state index in [1.165, 1.54) is 11.1 Å². The standard InChI is InChI=1S/C13H18N2O/c1-9-2-4-10(5-3-9)11-6-7-12(14)13(16)15-8-11/h2-5,11-12H,6-8,14H2,1H3,(H,15,16)/t11?,12-/m1/s1. The summed E-state index contributed by atoms with van der Waals surface area (Å²) < 4.78 is 0. The van der Waals surface area contributed by atoms with E-state index in [1.807, 2.05) is 0 Å². The molecular formula is C13H18N2O. The number of rotatable bonds is 1. The number of amides is 1. The lowest BCUT2D eigenvalue weighted by Gasteiger charge is -2.14. The molecule has 1 aromatic carbocycles. The van der Waals surface area contributed by atoms with Crippen molar-refractivity contribution in [2.75, 3.05) is 6.54 Å². The van der Waals surface area contributed by atoms with Crippen molar-refractivity contribution in [3.05, 3.63) is 35.4 Å². The molecule has 86 valence electrons. The Kier molecular flexibility index (Phi) is 3.25. The van der Waals surface area contributed by atoms with Gasteiger partial charge in [-0.15, -0.1) is 0 Å². The molecule has 0 radical (unpaired) electrons. The van der Waals surface area contributed by atoms with Gasteiger partial charge in [-0.2, -0.15) is 0 Å². The highest BCUT2D eigenvalue weighted by Gasteiger charge is 2.22. The van der Waals surface area contributed by atoms with Crippen molar-refractivity contribution in [2.45, 2.75) is 31.7 Å². The molecule has 1 unspecified atom stereocenters. The van der Waals surface area contributed by atoms with Crippen molar-refractivity contribution in [1.29, 1.82) is 0 Å². The van der Waals surface area contributed by atoms with Crippen molar-refractivity contribution >= 4 is 5.91 Å². The van der Waals surface area contributed by atoms with E-state index in [9.17, 15) is 4.79 Å². The lowest BCUT2D eigenvalue weighted by molar-refractivity contribution is -0.122. The summed E-state index contributed by atoms with van der Waals surface area (Å²) in [6.45, 7) is 2.78. The summed E-state index contributed by atoms with van der Waals surface area (Å²) in [5.74, 6) is 0.382. The van der Waals surface area contributed by atoms with Crippen LogP contribution in [-0.2, 0) is 4.79 Å². The smallest absolute Gasteiger partial charge is 0.236 e. The second-order valence-corrected chi connectivity index (χ2v) is 4.54. The van der Waals surface area contributed by atoms with Gasteiger partial charge in [-0.3, -0.25) is 4.79 Å². The molecule has 2 atom stereocenters. The van der Waals surface area contributed by atoms with Crippen LogP contribution in [-0.4, -0.2) is 18.5 Å². The van der Waals surface area contributed by atoms with E-state index < -0.39 is 0 Å². The van der Waals surface area contributed by atoms with Gasteiger partial charge in [-0.1, -0.05) is 29.8 Å². The van der Waals surface area contributed by atoms with E-state index in [1.54, 1.807) is 0 Å². The number of carbonyl (C=O) groups excluding carboxylic acids is 1. The molecule has 3 N–H and O–H groups in total. The molecule has 1 saturated heterocycles. The Morgan fingerprint density at radius 2 is 1.94 bits per heavy atom. The first-order chi connectivity index (χ1) is 7.66. The van der Waals surface area contributed by atoms with Crippen molar-refractivity contribution in [2.24, 2.45) is 5.73 Å². The quantitative estimate of drug-likeness (QED) is 0.747. The number of nitrogens with one attached hydrogen (secondary N) is 1. The molecule has 0 aliphatic carbocycles. The maximum absolute atomic E-state index is 11.4. The van der Waals surface area contributed by atoms with E-state index in [0.29, 0.717) is 12.5 Å². The average molecular weight is 218 g/mol. The Bertz CT molecular complexity index is 372. The fraction of sp³-hybridized carbons (Fsp3) is 0.462. The van der Waals surface area contributed by atoms with Gasteiger partial charge >= 0.3 is 0 Å². The fourth-order valence-electron chi connectivity index (χ4n) is 2.09. The van der Waals surface area contributed by atoms with Gasteiger partial charge in [-0.25, -0.2) is 0 Å². The normalized spacial score (nSPS) is 26.0. The van der Waals surface area contributed by atoms with E-state index in [4.69, 9.17) is 5.73 Å². The van der Waals surface area contributed by atoms with Crippen LogP contribution in [0.1, 0.15) is 29.9 Å². The maximum atomic E-state index is 11.4. The molecule has 0 bridgehead atoms. The van der Waals surface area contributed by atoms with Gasteiger partial charge in [0.05, 0.1) is 6.04 Å². The first kappa shape index (κ1) is 11.1. The minimum atomic E-state index is -0.338. The largest absolute Gasteiger partial charge is 0.354 e. The Morgan fingerprint density at radius 3 is 2.62 bits per heavy atom. The molecule has 1 aliphatic heterocycles. The van der Waals surface area contributed by atoms with Crippen LogP contribution in [0.15, 0.2) is 24.3 Å². The summed E-state index contributed by atoms with van der Waals surface area (Å²) >= 11 is 0. The van der Waals surface area contributed by atoms with Crippen molar-refractivity contribution in [3.8, 4) is 0 Å². The molecule has 16 heavy (non-hydrogen) atoms. The Morgan fingerprint density at radius 1 is 1.25 bits per heavy atom. The molecule has 0 spiro atoms. The summed E-state index contributed by atoms with van der Waals surface area (Å²) in [5, 5.41) is 2.89. The lowest BCUT2D eigenvalue weighted by Crippen LogP contribution is -2.38. The summed E-state index contributed by atoms with van der Waals surface area (Å²) in [5.41, 5.74) is 8.28. The molecule has 0 saturated carbocycles. The topological polar surface area (TPSA) is 55.1 Å². The zero-order chi connectivity index (χ0) is 11.5. The molecule has 1 aromatic rings. The molecule has 1 aliphatic rings. The van der Waals surface area contributed by atoms with E-state index in [-0.39, 0.29) is 11.9 Å². The molecule has 0 aromatic heterocycles. The third-order valence-corrected chi connectivity index (χ3v) is 3.23. The first-order valence-corrected chi connectivity index (χ1v) is 5.76. The number of nitrogens with two attached hydrogens (primary N) is 1. The highest BCUT2D eigenvalue weighted by molar-refractivity contribution is 5.81. The number of hydrogen-bond donors (Lipinski definition) is 2. The van der Waals surface area contributed by atoms with Crippen molar-refractivity contribution in [3.63, 3.8) is 0 Å². The van der Waals surface area contributed by atoms with E-state index >= 15 is 0 Å². The summed E-state index contributed by atoms with van der Waals surface area (Å²) in [7, 11) is 0. The molecule has 3 nitrogen and oxygen atoms in total. The Hall–Kier alpha value is -1.35. The van der Waals surface area contributed by atoms with Gasteiger partial charge in [0.2, 0.25) is 5.91 Å². The summed E-state index contributed by atoms with van der Waals surface area (Å²) in [4.78, 5) is 11.4. The monoisotopic (exact) mass is 218 g/mol. The molecule has 2 rings (SSSR count). The number of aryl methyl sites for hydroxylation is 1. The number of hydrogen-bond acceptors (Lipinski definition) is 2. The third-order valence-electron chi connectivity index (χ3n) is 3.23. The van der Waals surface area contributed by atoms with E-state index in [2.05, 4.69) is 36.5 Å². The maximum Gasteiger partial charge on any atom is 0.236 e. The minimum absolute atomic E-state index is 0.0189. The highest BCUT2D eigenvalue weighted by Crippen LogP contribution is 2.23. The zero-order valence-electron chi connectivity index (χ0n) is 9.57. The van der Waals surface area contributed by atoms with Gasteiger partial charge in [0.1, 0.15) is 0 Å². The predicted octanol–water partition coefficient (Wildman–Crippen LogP) is 1.32. The Labute approximate surface area is 96.0 Å². The van der Waals surface area contributed by atoms with Crippen LogP contribution in [0.25, 0.3) is 0 Å². The fourth-order valence-corrected chi connectivity index (χ4v) is 2.09. The molecule has 1 heterocycles. The van der Waals surface area contributed by atoms with Crippen LogP contribution in [0.4, 0.5) is 0 Å². The lowest BCUT2D eigenvalue weighted by atomic mass is 9.93. The SMILES string of the molecule is Cc1ccc(C2CC[C@@H](N)C(=O)NC2)cc1. The van der Waals surface area contributed by atoms with E-state index in [0.717, 1.165) is 12.8 Å².